The van der Waals surface area contributed by atoms with Crippen molar-refractivity contribution < 1.29 is 23.2 Å². The Morgan fingerprint density at radius 2 is 1.57 bits per heavy atom. The van der Waals surface area contributed by atoms with Crippen molar-refractivity contribution in [2.45, 2.75) is 6.18 Å². The Balaban J connectivity index is 2.40. The van der Waals surface area contributed by atoms with E-state index < -0.39 is 17.5 Å². The second kappa shape index (κ2) is 5.78. The first-order chi connectivity index (χ1) is 9.93. The summed E-state index contributed by atoms with van der Waals surface area (Å²) in [5.74, 6) is -0.783. The number of hydrogen-bond donors (Lipinski definition) is 1. The van der Waals surface area contributed by atoms with Crippen LogP contribution < -0.4 is 0 Å². The number of halogens is 3. The van der Waals surface area contributed by atoms with Crippen molar-refractivity contribution in [3.8, 4) is 0 Å². The predicted molar refractivity (Wildman–Crippen MR) is 70.5 cm³/mol. The van der Waals surface area contributed by atoms with Gasteiger partial charge in [-0.05, 0) is 12.1 Å². The van der Waals surface area contributed by atoms with Gasteiger partial charge >= 0.3 is 6.18 Å². The zero-order valence-electron chi connectivity index (χ0n) is 10.6. The number of carbonyl (C=O) groups is 1. The second-order valence-electron chi connectivity index (χ2n) is 4.22. The van der Waals surface area contributed by atoms with Crippen molar-refractivity contribution >= 4 is 11.5 Å². The molecule has 0 amide bonds. The number of oxime groups is 1. The van der Waals surface area contributed by atoms with Gasteiger partial charge < -0.3 is 5.21 Å². The quantitative estimate of drug-likeness (QED) is 0.405. The van der Waals surface area contributed by atoms with Crippen LogP contribution in [0.25, 0.3) is 0 Å². The van der Waals surface area contributed by atoms with E-state index in [2.05, 4.69) is 5.16 Å². The van der Waals surface area contributed by atoms with E-state index in [1.807, 2.05) is 0 Å². The summed E-state index contributed by atoms with van der Waals surface area (Å²) in [6.45, 7) is 0. The fraction of sp³-hybridized carbons (Fsp3) is 0.0667. The highest BCUT2D eigenvalue weighted by Gasteiger charge is 2.31. The van der Waals surface area contributed by atoms with Crippen LogP contribution in [0.4, 0.5) is 13.2 Å². The summed E-state index contributed by atoms with van der Waals surface area (Å²) in [7, 11) is 0. The smallest absolute Gasteiger partial charge is 0.410 e. The van der Waals surface area contributed by atoms with E-state index in [1.54, 1.807) is 18.2 Å². The molecule has 0 bridgehead atoms. The summed E-state index contributed by atoms with van der Waals surface area (Å²) in [6.07, 6.45) is -4.54. The van der Waals surface area contributed by atoms with Gasteiger partial charge in [-0.2, -0.15) is 13.2 Å². The van der Waals surface area contributed by atoms with E-state index >= 15 is 0 Å². The first-order valence-corrected chi connectivity index (χ1v) is 5.93. The molecule has 0 saturated carbocycles. The van der Waals surface area contributed by atoms with Gasteiger partial charge in [0.05, 0.1) is 5.56 Å². The topological polar surface area (TPSA) is 49.7 Å². The minimum absolute atomic E-state index is 0.193. The van der Waals surface area contributed by atoms with Crippen LogP contribution in [-0.4, -0.2) is 16.7 Å². The molecular formula is C15H10F3NO2. The summed E-state index contributed by atoms with van der Waals surface area (Å²) in [6, 6.07) is 12.0. The second-order valence-corrected chi connectivity index (χ2v) is 4.22. The lowest BCUT2D eigenvalue weighted by molar-refractivity contribution is -0.137. The lowest BCUT2D eigenvalue weighted by Gasteiger charge is -2.09. The van der Waals surface area contributed by atoms with Gasteiger partial charge in [-0.1, -0.05) is 47.6 Å². The molecule has 0 aromatic heterocycles. The first kappa shape index (κ1) is 14.8. The van der Waals surface area contributed by atoms with E-state index in [0.717, 1.165) is 18.2 Å². The normalized spacial score (nSPS) is 12.2. The number of ketones is 1. The third kappa shape index (κ3) is 3.28. The van der Waals surface area contributed by atoms with Crippen molar-refractivity contribution in [1.29, 1.82) is 0 Å². The van der Waals surface area contributed by atoms with Crippen molar-refractivity contribution in [3.63, 3.8) is 0 Å². The van der Waals surface area contributed by atoms with Crippen LogP contribution in [0.5, 0.6) is 0 Å². The molecule has 0 atom stereocenters. The predicted octanol–water partition coefficient (Wildman–Crippen LogP) is 3.77. The van der Waals surface area contributed by atoms with Gasteiger partial charge in [0, 0.05) is 11.1 Å². The maximum Gasteiger partial charge on any atom is 0.416 e. The summed E-state index contributed by atoms with van der Waals surface area (Å²) >= 11 is 0. The van der Waals surface area contributed by atoms with Crippen LogP contribution in [0.3, 0.4) is 0 Å². The van der Waals surface area contributed by atoms with Crippen LogP contribution in [0.15, 0.2) is 59.8 Å². The molecule has 0 heterocycles. The van der Waals surface area contributed by atoms with E-state index in [1.165, 1.54) is 18.2 Å². The van der Waals surface area contributed by atoms with Crippen LogP contribution in [-0.2, 0) is 6.18 Å². The lowest BCUT2D eigenvalue weighted by Crippen LogP contribution is -2.17. The van der Waals surface area contributed by atoms with Crippen molar-refractivity contribution in [2.75, 3.05) is 0 Å². The standard InChI is InChI=1S/C15H10F3NO2/c16-15(17,18)12-8-4-7-11(9-12)14(20)13(19-21)10-5-2-1-3-6-10/h1-9,21H/b19-13+. The largest absolute Gasteiger partial charge is 0.416 e. The van der Waals surface area contributed by atoms with Gasteiger partial charge in [-0.25, -0.2) is 0 Å². The Morgan fingerprint density at radius 3 is 2.14 bits per heavy atom. The maximum atomic E-state index is 12.6. The van der Waals surface area contributed by atoms with Gasteiger partial charge in [0.15, 0.2) is 5.71 Å². The van der Waals surface area contributed by atoms with Crippen LogP contribution in [0.1, 0.15) is 21.5 Å². The number of alkyl halides is 3. The van der Waals surface area contributed by atoms with E-state index in [9.17, 15) is 18.0 Å². The average molecular weight is 293 g/mol. The molecule has 0 aliphatic heterocycles. The molecule has 0 spiro atoms. The maximum absolute atomic E-state index is 12.6. The molecule has 0 unspecified atom stereocenters. The highest BCUT2D eigenvalue weighted by atomic mass is 19.4. The highest BCUT2D eigenvalue weighted by Crippen LogP contribution is 2.29. The third-order valence-corrected chi connectivity index (χ3v) is 2.81. The Labute approximate surface area is 118 Å². The average Bonchev–Trinajstić information content (AvgIpc) is 2.48. The van der Waals surface area contributed by atoms with Crippen LogP contribution in [0, 0.1) is 0 Å². The summed E-state index contributed by atoms with van der Waals surface area (Å²) in [4.78, 5) is 12.2. The monoisotopic (exact) mass is 293 g/mol. The summed E-state index contributed by atoms with van der Waals surface area (Å²) < 4.78 is 37.9. The molecule has 21 heavy (non-hydrogen) atoms. The molecule has 2 rings (SSSR count). The zero-order valence-corrected chi connectivity index (χ0v) is 10.6. The van der Waals surface area contributed by atoms with Crippen molar-refractivity contribution in [2.24, 2.45) is 5.16 Å². The molecule has 0 aliphatic carbocycles. The number of benzene rings is 2. The number of rotatable bonds is 3. The molecule has 2 aromatic carbocycles. The molecule has 0 radical (unpaired) electrons. The van der Waals surface area contributed by atoms with Crippen molar-refractivity contribution in [3.05, 3.63) is 71.3 Å². The van der Waals surface area contributed by atoms with Gasteiger partial charge in [0.1, 0.15) is 0 Å². The van der Waals surface area contributed by atoms with Crippen molar-refractivity contribution in [1.82, 2.24) is 0 Å². The molecule has 1 N–H and O–H groups in total. The minimum atomic E-state index is -4.54. The molecule has 0 fully saturated rings. The van der Waals surface area contributed by atoms with E-state index in [-0.39, 0.29) is 11.3 Å². The number of nitrogens with zero attached hydrogens (tertiary/aromatic N) is 1. The van der Waals surface area contributed by atoms with Gasteiger partial charge in [-0.15, -0.1) is 0 Å². The summed E-state index contributed by atoms with van der Waals surface area (Å²) in [5.41, 5.74) is -1.11. The Kier molecular flexibility index (Phi) is 4.07. The van der Waals surface area contributed by atoms with Gasteiger partial charge in [0.25, 0.3) is 0 Å². The Morgan fingerprint density at radius 1 is 0.952 bits per heavy atom. The molecule has 2 aromatic rings. The SMILES string of the molecule is O=C(/C(=N/O)c1ccccc1)c1cccc(C(F)(F)F)c1. The molecule has 0 saturated heterocycles. The molecule has 108 valence electrons. The Bertz CT molecular complexity index is 679. The van der Waals surface area contributed by atoms with Crippen LogP contribution >= 0.6 is 0 Å². The Hall–Kier alpha value is -2.63. The van der Waals surface area contributed by atoms with E-state index in [0.29, 0.717) is 5.56 Å². The fourth-order valence-corrected chi connectivity index (χ4v) is 1.80. The summed E-state index contributed by atoms with van der Waals surface area (Å²) in [5, 5.41) is 11.9. The van der Waals surface area contributed by atoms with E-state index in [4.69, 9.17) is 5.21 Å². The minimum Gasteiger partial charge on any atom is -0.410 e. The first-order valence-electron chi connectivity index (χ1n) is 5.93. The van der Waals surface area contributed by atoms with Gasteiger partial charge in [-0.3, -0.25) is 4.79 Å². The van der Waals surface area contributed by atoms with Crippen LogP contribution in [0.2, 0.25) is 0 Å². The number of hydrogen-bond acceptors (Lipinski definition) is 3. The molecule has 6 heteroatoms. The molecular weight excluding hydrogens is 283 g/mol. The zero-order chi connectivity index (χ0) is 15.5. The third-order valence-electron chi connectivity index (χ3n) is 2.81. The lowest BCUT2D eigenvalue weighted by atomic mass is 9.99. The highest BCUT2D eigenvalue weighted by molar-refractivity contribution is 6.51. The molecule has 0 aliphatic rings. The van der Waals surface area contributed by atoms with Gasteiger partial charge in [0.2, 0.25) is 5.78 Å². The number of Topliss-reactive ketones (excluding diaryl/α,β-unsaturated/α-hetero) is 1. The fourth-order valence-electron chi connectivity index (χ4n) is 1.80. The molecule has 3 nitrogen and oxygen atoms in total. The number of carbonyl (C=O) groups excluding carboxylic acids is 1.